The third-order valence-electron chi connectivity index (χ3n) is 2.87. The zero-order valence-electron chi connectivity index (χ0n) is 11.8. The lowest BCUT2D eigenvalue weighted by molar-refractivity contribution is -0.142. The number of hydrogen-bond acceptors (Lipinski definition) is 5. The van der Waals surface area contributed by atoms with Crippen LogP contribution >= 0.6 is 11.3 Å². The van der Waals surface area contributed by atoms with E-state index in [0.717, 1.165) is 11.1 Å². The largest absolute Gasteiger partial charge is 0.480 e. The Bertz CT molecular complexity index is 514. The monoisotopic (exact) mass is 314 g/mol. The number of esters is 1. The van der Waals surface area contributed by atoms with Gasteiger partial charge in [-0.15, -0.1) is 0 Å². The normalized spacial score (nSPS) is 11.5. The maximum atomic E-state index is 11.7. The maximum Gasteiger partial charge on any atom is 0.326 e. The Labute approximate surface area is 126 Å². The van der Waals surface area contributed by atoms with Gasteiger partial charge in [0, 0.05) is 13.0 Å². The molecular formula is C13H18N2O5S. The van der Waals surface area contributed by atoms with Gasteiger partial charge >= 0.3 is 18.0 Å². The Balaban J connectivity index is 2.43. The summed E-state index contributed by atoms with van der Waals surface area (Å²) in [6, 6.07) is -1.72. The summed E-state index contributed by atoms with van der Waals surface area (Å²) in [5, 5.41) is 17.8. The number of carboxylic acid groups (broad SMARTS) is 1. The molecule has 3 N–H and O–H groups in total. The van der Waals surface area contributed by atoms with E-state index in [0.29, 0.717) is 6.54 Å². The van der Waals surface area contributed by atoms with Gasteiger partial charge in [0.1, 0.15) is 6.04 Å². The first-order valence-electron chi connectivity index (χ1n) is 6.29. The lowest BCUT2D eigenvalue weighted by Gasteiger charge is -2.14. The molecule has 2 amide bonds. The molecule has 0 bridgehead atoms. The first-order chi connectivity index (χ1) is 9.93. The first kappa shape index (κ1) is 17.0. The lowest BCUT2D eigenvalue weighted by Crippen LogP contribution is -2.46. The molecule has 0 aliphatic carbocycles. The van der Waals surface area contributed by atoms with Crippen molar-refractivity contribution in [3.63, 3.8) is 0 Å². The van der Waals surface area contributed by atoms with E-state index in [4.69, 9.17) is 5.11 Å². The van der Waals surface area contributed by atoms with E-state index in [-0.39, 0.29) is 12.8 Å². The summed E-state index contributed by atoms with van der Waals surface area (Å²) in [5.41, 5.74) is 2.05. The van der Waals surface area contributed by atoms with Crippen molar-refractivity contribution in [2.75, 3.05) is 7.11 Å². The van der Waals surface area contributed by atoms with Gasteiger partial charge in [-0.25, -0.2) is 9.59 Å². The highest BCUT2D eigenvalue weighted by atomic mass is 32.1. The number of carboxylic acids is 1. The summed E-state index contributed by atoms with van der Waals surface area (Å²) < 4.78 is 4.44. The topological polar surface area (TPSA) is 105 Å². The van der Waals surface area contributed by atoms with Crippen LogP contribution in [0.1, 0.15) is 24.0 Å². The number of hydrogen-bond donors (Lipinski definition) is 3. The highest BCUT2D eigenvalue weighted by Gasteiger charge is 2.21. The van der Waals surface area contributed by atoms with Crippen molar-refractivity contribution >= 4 is 29.3 Å². The summed E-state index contributed by atoms with van der Waals surface area (Å²) in [4.78, 5) is 33.7. The molecule has 0 spiro atoms. The second-order valence-corrected chi connectivity index (χ2v) is 5.16. The second kappa shape index (κ2) is 8.25. The Morgan fingerprint density at radius 2 is 2.10 bits per heavy atom. The summed E-state index contributed by atoms with van der Waals surface area (Å²) in [7, 11) is 1.22. The molecule has 0 aliphatic rings. The summed E-state index contributed by atoms with van der Waals surface area (Å²) in [5.74, 6) is -1.71. The molecule has 1 rings (SSSR count). The number of amides is 2. The molecule has 7 nitrogen and oxygen atoms in total. The summed E-state index contributed by atoms with van der Waals surface area (Å²) in [6.07, 6.45) is -0.0930. The van der Waals surface area contributed by atoms with E-state index in [1.807, 2.05) is 17.7 Å². The van der Waals surface area contributed by atoms with Crippen LogP contribution in [0, 0.1) is 6.92 Å². The van der Waals surface area contributed by atoms with E-state index >= 15 is 0 Å². The predicted octanol–water partition coefficient (Wildman–Crippen LogP) is 1.26. The van der Waals surface area contributed by atoms with Crippen molar-refractivity contribution in [3.05, 3.63) is 21.9 Å². The smallest absolute Gasteiger partial charge is 0.326 e. The van der Waals surface area contributed by atoms with Gasteiger partial charge in [0.15, 0.2) is 0 Å². The quantitative estimate of drug-likeness (QED) is 0.657. The van der Waals surface area contributed by atoms with E-state index in [1.165, 1.54) is 18.4 Å². The van der Waals surface area contributed by atoms with Gasteiger partial charge in [0.05, 0.1) is 7.11 Å². The summed E-state index contributed by atoms with van der Waals surface area (Å²) >= 11 is 1.53. The van der Waals surface area contributed by atoms with E-state index < -0.39 is 24.0 Å². The van der Waals surface area contributed by atoms with Gasteiger partial charge in [-0.3, -0.25) is 4.79 Å². The van der Waals surface area contributed by atoms with Gasteiger partial charge in [-0.1, -0.05) is 0 Å². The average Bonchev–Trinajstić information content (AvgIpc) is 2.85. The van der Waals surface area contributed by atoms with Crippen LogP contribution in [0.2, 0.25) is 0 Å². The maximum absolute atomic E-state index is 11.7. The Hall–Kier alpha value is -2.09. The van der Waals surface area contributed by atoms with Crippen LogP contribution in [0.15, 0.2) is 10.8 Å². The number of carbonyl (C=O) groups is 3. The van der Waals surface area contributed by atoms with Crippen LogP contribution in [0.3, 0.4) is 0 Å². The minimum Gasteiger partial charge on any atom is -0.480 e. The number of carbonyl (C=O) groups excluding carboxylic acids is 2. The molecule has 0 fully saturated rings. The van der Waals surface area contributed by atoms with E-state index in [2.05, 4.69) is 15.4 Å². The number of ether oxygens (including phenoxy) is 1. The van der Waals surface area contributed by atoms with Crippen LogP contribution in [-0.4, -0.2) is 36.2 Å². The molecule has 0 aromatic carbocycles. The number of nitrogens with one attached hydrogen (secondary N) is 2. The Morgan fingerprint density at radius 1 is 1.38 bits per heavy atom. The Morgan fingerprint density at radius 3 is 2.62 bits per heavy atom. The van der Waals surface area contributed by atoms with Gasteiger partial charge < -0.3 is 20.5 Å². The van der Waals surface area contributed by atoms with Gasteiger partial charge in [0.25, 0.3) is 0 Å². The van der Waals surface area contributed by atoms with E-state index in [9.17, 15) is 14.4 Å². The fraction of sp³-hybridized carbons (Fsp3) is 0.462. The second-order valence-electron chi connectivity index (χ2n) is 4.41. The lowest BCUT2D eigenvalue weighted by atomic mass is 10.1. The molecule has 0 saturated carbocycles. The number of thiophene rings is 1. The molecule has 1 aromatic heterocycles. The van der Waals surface area contributed by atoms with Crippen LogP contribution in [0.25, 0.3) is 0 Å². The molecule has 1 heterocycles. The van der Waals surface area contributed by atoms with Crippen LogP contribution in [0.4, 0.5) is 4.79 Å². The summed E-state index contributed by atoms with van der Waals surface area (Å²) in [6.45, 7) is 2.26. The van der Waals surface area contributed by atoms with Crippen LogP contribution in [-0.2, 0) is 20.9 Å². The number of rotatable bonds is 7. The molecule has 8 heteroatoms. The van der Waals surface area contributed by atoms with Gasteiger partial charge in [-0.05, 0) is 35.2 Å². The van der Waals surface area contributed by atoms with Crippen molar-refractivity contribution in [1.82, 2.24) is 10.6 Å². The highest BCUT2D eigenvalue weighted by Crippen LogP contribution is 2.12. The highest BCUT2D eigenvalue weighted by molar-refractivity contribution is 7.08. The molecule has 1 atom stereocenters. The minimum atomic E-state index is -1.19. The van der Waals surface area contributed by atoms with Crippen LogP contribution in [0.5, 0.6) is 0 Å². The zero-order valence-corrected chi connectivity index (χ0v) is 12.7. The van der Waals surface area contributed by atoms with Crippen molar-refractivity contribution in [2.24, 2.45) is 0 Å². The van der Waals surface area contributed by atoms with E-state index in [1.54, 1.807) is 0 Å². The average molecular weight is 314 g/mol. The molecule has 0 saturated heterocycles. The minimum absolute atomic E-state index is 0.0209. The molecule has 0 radical (unpaired) electrons. The SMILES string of the molecule is COC(=O)CC[C@@H](NC(=O)NCc1cscc1C)C(=O)O. The first-order valence-corrected chi connectivity index (χ1v) is 7.24. The molecule has 116 valence electrons. The Kier molecular flexibility index (Phi) is 6.67. The number of methoxy groups -OCH3 is 1. The number of aliphatic carboxylic acids is 1. The number of aryl methyl sites for hydroxylation is 1. The van der Waals surface area contributed by atoms with Crippen molar-refractivity contribution in [1.29, 1.82) is 0 Å². The molecule has 1 aromatic rings. The van der Waals surface area contributed by atoms with Crippen LogP contribution < -0.4 is 10.6 Å². The van der Waals surface area contributed by atoms with Gasteiger partial charge in [-0.2, -0.15) is 11.3 Å². The fourth-order valence-corrected chi connectivity index (χ4v) is 2.43. The predicted molar refractivity (Wildman–Crippen MR) is 77.1 cm³/mol. The standard InChI is InChI=1S/C13H18N2O5S/c1-8-6-21-7-9(8)5-14-13(19)15-10(12(17)18)3-4-11(16)20-2/h6-7,10H,3-5H2,1-2H3,(H,17,18)(H2,14,15,19)/t10-/m1/s1. The molecule has 0 aliphatic heterocycles. The molecular weight excluding hydrogens is 296 g/mol. The zero-order chi connectivity index (χ0) is 15.8. The number of urea groups is 1. The van der Waals surface area contributed by atoms with Crippen molar-refractivity contribution in [2.45, 2.75) is 32.4 Å². The molecule has 0 unspecified atom stereocenters. The molecule has 21 heavy (non-hydrogen) atoms. The fourth-order valence-electron chi connectivity index (χ4n) is 1.57. The third kappa shape index (κ3) is 5.82. The van der Waals surface area contributed by atoms with Crippen molar-refractivity contribution in [3.8, 4) is 0 Å². The van der Waals surface area contributed by atoms with Crippen molar-refractivity contribution < 1.29 is 24.2 Å². The third-order valence-corrected chi connectivity index (χ3v) is 3.78. The van der Waals surface area contributed by atoms with Gasteiger partial charge in [0.2, 0.25) is 0 Å².